The van der Waals surface area contributed by atoms with Crippen molar-refractivity contribution in [1.29, 1.82) is 0 Å². The van der Waals surface area contributed by atoms with E-state index in [2.05, 4.69) is 29.6 Å². The molecule has 118 valence electrons. The van der Waals surface area contributed by atoms with Crippen LogP contribution in [0.3, 0.4) is 0 Å². The fourth-order valence-electron chi connectivity index (χ4n) is 3.47. The summed E-state index contributed by atoms with van der Waals surface area (Å²) in [5, 5.41) is 3.39. The molecule has 0 radical (unpaired) electrons. The highest BCUT2D eigenvalue weighted by atomic mass is 32.2. The van der Waals surface area contributed by atoms with Gasteiger partial charge in [-0.25, -0.2) is 8.42 Å². The van der Waals surface area contributed by atoms with E-state index in [0.717, 1.165) is 19.3 Å². The number of nitrogens with one attached hydrogen (secondary N) is 1. The zero-order valence-corrected chi connectivity index (χ0v) is 13.9. The molecule has 0 amide bonds. The van der Waals surface area contributed by atoms with Gasteiger partial charge < -0.3 is 5.32 Å². The average Bonchev–Trinajstić information content (AvgIpc) is 2.53. The number of rotatable bonds is 6. The lowest BCUT2D eigenvalue weighted by atomic mass is 9.74. The third-order valence-electron chi connectivity index (χ3n) is 4.86. The molecule has 1 aliphatic carbocycles. The predicted molar refractivity (Wildman–Crippen MR) is 88.3 cm³/mol. The molecule has 1 aromatic carbocycles. The van der Waals surface area contributed by atoms with E-state index in [9.17, 15) is 8.42 Å². The molecule has 3 nitrogen and oxygen atoms in total. The van der Waals surface area contributed by atoms with E-state index in [4.69, 9.17) is 0 Å². The number of sulfone groups is 1. The van der Waals surface area contributed by atoms with Crippen LogP contribution in [0.4, 0.5) is 0 Å². The molecule has 2 rings (SSSR count). The highest BCUT2D eigenvalue weighted by molar-refractivity contribution is 7.91. The van der Waals surface area contributed by atoms with Gasteiger partial charge in [0, 0.05) is 11.8 Å². The first kappa shape index (κ1) is 16.5. The second-order valence-corrected chi connectivity index (χ2v) is 8.57. The first-order valence-corrected chi connectivity index (χ1v) is 9.80. The van der Waals surface area contributed by atoms with E-state index in [-0.39, 0.29) is 5.75 Å². The Hall–Kier alpha value is -0.870. The molecule has 3 unspecified atom stereocenters. The smallest absolute Gasteiger partial charge is 0.150 e. The van der Waals surface area contributed by atoms with Crippen LogP contribution in [0, 0.1) is 5.92 Å². The Kier molecular flexibility index (Phi) is 5.82. The lowest BCUT2D eigenvalue weighted by Gasteiger charge is -2.36. The Morgan fingerprint density at radius 1 is 1.19 bits per heavy atom. The van der Waals surface area contributed by atoms with Gasteiger partial charge in [-0.3, -0.25) is 0 Å². The van der Waals surface area contributed by atoms with Gasteiger partial charge in [0.2, 0.25) is 0 Å². The van der Waals surface area contributed by atoms with Crippen molar-refractivity contribution in [3.05, 3.63) is 35.9 Å². The maximum absolute atomic E-state index is 11.8. The first-order valence-electron chi connectivity index (χ1n) is 7.98. The SMILES string of the molecule is CCS(=O)(=O)CCC1CC(c2ccccc2)CCC1NC. The van der Waals surface area contributed by atoms with Crippen LogP contribution in [0.2, 0.25) is 0 Å². The fraction of sp³-hybridized carbons (Fsp3) is 0.647. The predicted octanol–water partition coefficient (Wildman–Crippen LogP) is 2.98. The van der Waals surface area contributed by atoms with E-state index in [0.29, 0.717) is 23.6 Å². The van der Waals surface area contributed by atoms with Crippen molar-refractivity contribution in [3.63, 3.8) is 0 Å². The van der Waals surface area contributed by atoms with Crippen LogP contribution in [0.25, 0.3) is 0 Å². The summed E-state index contributed by atoms with van der Waals surface area (Å²) < 4.78 is 23.5. The summed E-state index contributed by atoms with van der Waals surface area (Å²) in [6, 6.07) is 11.1. The second-order valence-electron chi connectivity index (χ2n) is 6.10. The van der Waals surface area contributed by atoms with Crippen LogP contribution in [0.15, 0.2) is 30.3 Å². The van der Waals surface area contributed by atoms with Gasteiger partial charge in [-0.15, -0.1) is 0 Å². The maximum Gasteiger partial charge on any atom is 0.150 e. The second kappa shape index (κ2) is 7.41. The zero-order chi connectivity index (χ0) is 15.3. The molecule has 4 heteroatoms. The van der Waals surface area contributed by atoms with Gasteiger partial charge in [0.25, 0.3) is 0 Å². The minimum Gasteiger partial charge on any atom is -0.317 e. The third kappa shape index (κ3) is 4.55. The molecule has 1 aromatic rings. The van der Waals surface area contributed by atoms with Crippen molar-refractivity contribution in [2.24, 2.45) is 5.92 Å². The van der Waals surface area contributed by atoms with Gasteiger partial charge in [0.05, 0.1) is 5.75 Å². The molecule has 0 aromatic heterocycles. The Bertz CT molecular complexity index is 527. The van der Waals surface area contributed by atoms with Gasteiger partial charge >= 0.3 is 0 Å². The normalized spacial score (nSPS) is 26.7. The lowest BCUT2D eigenvalue weighted by Crippen LogP contribution is -2.39. The summed E-state index contributed by atoms with van der Waals surface area (Å²) in [4.78, 5) is 0. The Morgan fingerprint density at radius 2 is 1.90 bits per heavy atom. The highest BCUT2D eigenvalue weighted by Crippen LogP contribution is 2.37. The molecule has 1 aliphatic rings. The minimum absolute atomic E-state index is 0.256. The molecule has 0 bridgehead atoms. The van der Waals surface area contributed by atoms with Gasteiger partial charge in [-0.05, 0) is 50.1 Å². The van der Waals surface area contributed by atoms with Gasteiger partial charge in [0.1, 0.15) is 9.84 Å². The van der Waals surface area contributed by atoms with Crippen LogP contribution < -0.4 is 5.32 Å². The van der Waals surface area contributed by atoms with Crippen LogP contribution in [-0.2, 0) is 9.84 Å². The summed E-state index contributed by atoms with van der Waals surface area (Å²) in [5.41, 5.74) is 1.40. The van der Waals surface area contributed by atoms with Crippen molar-refractivity contribution >= 4 is 9.84 Å². The van der Waals surface area contributed by atoms with Crippen LogP contribution in [0.1, 0.15) is 44.1 Å². The summed E-state index contributed by atoms with van der Waals surface area (Å²) >= 11 is 0. The topological polar surface area (TPSA) is 46.2 Å². The van der Waals surface area contributed by atoms with E-state index < -0.39 is 9.84 Å². The van der Waals surface area contributed by atoms with Crippen molar-refractivity contribution in [2.45, 2.75) is 44.6 Å². The van der Waals surface area contributed by atoms with Crippen LogP contribution in [0.5, 0.6) is 0 Å². The highest BCUT2D eigenvalue weighted by Gasteiger charge is 2.30. The largest absolute Gasteiger partial charge is 0.317 e. The number of hydrogen-bond acceptors (Lipinski definition) is 3. The summed E-state index contributed by atoms with van der Waals surface area (Å²) in [6.45, 7) is 1.73. The standard InChI is InChI=1S/C17H27NO2S/c1-3-21(19,20)12-11-16-13-15(9-10-17(16)18-2)14-7-5-4-6-8-14/h4-8,15-18H,3,9-13H2,1-2H3. The number of hydrogen-bond donors (Lipinski definition) is 1. The molecule has 1 fully saturated rings. The molecular formula is C17H27NO2S. The fourth-order valence-corrected chi connectivity index (χ4v) is 4.42. The molecule has 3 atom stereocenters. The van der Waals surface area contributed by atoms with Crippen molar-refractivity contribution < 1.29 is 8.42 Å². The third-order valence-corrected chi connectivity index (χ3v) is 6.60. The minimum atomic E-state index is -2.86. The lowest BCUT2D eigenvalue weighted by molar-refractivity contribution is 0.244. The quantitative estimate of drug-likeness (QED) is 0.879. The molecule has 1 saturated carbocycles. The molecule has 1 N–H and O–H groups in total. The molecular weight excluding hydrogens is 282 g/mol. The Balaban J connectivity index is 2.02. The summed E-state index contributed by atoms with van der Waals surface area (Å²) in [7, 11) is -0.866. The zero-order valence-electron chi connectivity index (χ0n) is 13.1. The molecule has 0 heterocycles. The van der Waals surface area contributed by atoms with Crippen molar-refractivity contribution in [3.8, 4) is 0 Å². The van der Waals surface area contributed by atoms with Gasteiger partial charge in [-0.2, -0.15) is 0 Å². The van der Waals surface area contributed by atoms with Crippen LogP contribution >= 0.6 is 0 Å². The monoisotopic (exact) mass is 309 g/mol. The molecule has 0 spiro atoms. The van der Waals surface area contributed by atoms with E-state index in [1.165, 1.54) is 12.0 Å². The Morgan fingerprint density at radius 3 is 2.52 bits per heavy atom. The Labute approximate surface area is 129 Å². The summed E-state index contributed by atoms with van der Waals surface area (Å²) in [6.07, 6.45) is 4.19. The van der Waals surface area contributed by atoms with Crippen LogP contribution in [-0.4, -0.2) is 33.0 Å². The van der Waals surface area contributed by atoms with Gasteiger partial charge in [0.15, 0.2) is 0 Å². The van der Waals surface area contributed by atoms with E-state index in [1.54, 1.807) is 6.92 Å². The first-order chi connectivity index (χ1) is 10.1. The maximum atomic E-state index is 11.8. The molecule has 0 saturated heterocycles. The molecule has 0 aliphatic heterocycles. The number of benzene rings is 1. The molecule has 21 heavy (non-hydrogen) atoms. The average molecular weight is 309 g/mol. The van der Waals surface area contributed by atoms with Crippen molar-refractivity contribution in [1.82, 2.24) is 5.32 Å². The summed E-state index contributed by atoms with van der Waals surface area (Å²) in [5.74, 6) is 1.61. The van der Waals surface area contributed by atoms with E-state index >= 15 is 0 Å². The van der Waals surface area contributed by atoms with Crippen molar-refractivity contribution in [2.75, 3.05) is 18.6 Å². The van der Waals surface area contributed by atoms with E-state index in [1.807, 2.05) is 13.1 Å². The van der Waals surface area contributed by atoms with Gasteiger partial charge in [-0.1, -0.05) is 37.3 Å².